The van der Waals surface area contributed by atoms with Gasteiger partial charge in [0.25, 0.3) is 0 Å². The molecule has 2 aromatic rings. The summed E-state index contributed by atoms with van der Waals surface area (Å²) >= 11 is 0. The van der Waals surface area contributed by atoms with Crippen molar-refractivity contribution < 1.29 is 4.74 Å². The molecular weight excluding hydrogens is 214 g/mol. The molecular formula is C13H17N3O. The van der Waals surface area contributed by atoms with Crippen LogP contribution in [0.1, 0.15) is 18.0 Å². The average molecular weight is 231 g/mol. The van der Waals surface area contributed by atoms with Crippen molar-refractivity contribution in [2.24, 2.45) is 5.84 Å². The fraction of sp³-hybridized carbons (Fsp3) is 0.308. The fourth-order valence-corrected chi connectivity index (χ4v) is 1.97. The van der Waals surface area contributed by atoms with E-state index >= 15 is 0 Å². The number of hydrogen-bond donors (Lipinski definition) is 2. The van der Waals surface area contributed by atoms with Crippen LogP contribution in [0.15, 0.2) is 36.5 Å². The van der Waals surface area contributed by atoms with Crippen molar-refractivity contribution in [3.05, 3.63) is 42.1 Å². The number of aromatic nitrogens is 1. The van der Waals surface area contributed by atoms with Crippen LogP contribution in [0.25, 0.3) is 10.9 Å². The normalized spacial score (nSPS) is 12.8. The topological polar surface area (TPSA) is 60.2 Å². The van der Waals surface area contributed by atoms with E-state index in [4.69, 9.17) is 10.6 Å². The lowest BCUT2D eigenvalue weighted by molar-refractivity contribution is 0.183. The van der Waals surface area contributed by atoms with Crippen LogP contribution in [0, 0.1) is 0 Å². The monoisotopic (exact) mass is 231 g/mol. The Kier molecular flexibility index (Phi) is 4.03. The smallest absolute Gasteiger partial charge is 0.0750 e. The van der Waals surface area contributed by atoms with E-state index in [2.05, 4.69) is 28.6 Å². The van der Waals surface area contributed by atoms with Gasteiger partial charge in [-0.25, -0.2) is 0 Å². The maximum absolute atomic E-state index is 5.60. The van der Waals surface area contributed by atoms with E-state index in [-0.39, 0.29) is 6.04 Å². The summed E-state index contributed by atoms with van der Waals surface area (Å²) in [6.45, 7) is 0.665. The first kappa shape index (κ1) is 12.0. The number of nitrogens with two attached hydrogens (primary N) is 1. The van der Waals surface area contributed by atoms with Gasteiger partial charge in [-0.05, 0) is 18.1 Å². The lowest BCUT2D eigenvalue weighted by Crippen LogP contribution is -2.29. The fourth-order valence-electron chi connectivity index (χ4n) is 1.97. The second-order valence-corrected chi connectivity index (χ2v) is 3.92. The minimum absolute atomic E-state index is 0.0635. The molecule has 90 valence electrons. The zero-order valence-electron chi connectivity index (χ0n) is 9.89. The highest BCUT2D eigenvalue weighted by Crippen LogP contribution is 2.23. The Morgan fingerprint density at radius 1 is 1.35 bits per heavy atom. The van der Waals surface area contributed by atoms with E-state index in [0.29, 0.717) is 6.61 Å². The van der Waals surface area contributed by atoms with E-state index in [9.17, 15) is 0 Å². The number of fused-ring (bicyclic) bond motifs is 1. The number of pyridine rings is 1. The van der Waals surface area contributed by atoms with Crippen molar-refractivity contribution in [2.45, 2.75) is 12.5 Å². The van der Waals surface area contributed by atoms with Gasteiger partial charge in [0.2, 0.25) is 0 Å². The van der Waals surface area contributed by atoms with Crippen LogP contribution in [0.3, 0.4) is 0 Å². The molecule has 4 heteroatoms. The summed E-state index contributed by atoms with van der Waals surface area (Å²) < 4.78 is 5.09. The number of hydrazine groups is 1. The maximum atomic E-state index is 5.60. The van der Waals surface area contributed by atoms with Crippen molar-refractivity contribution in [1.82, 2.24) is 10.4 Å². The Balaban J connectivity index is 2.38. The van der Waals surface area contributed by atoms with E-state index in [1.807, 2.05) is 12.1 Å². The Hall–Kier alpha value is -1.49. The lowest BCUT2D eigenvalue weighted by atomic mass is 10.0. The van der Waals surface area contributed by atoms with Crippen LogP contribution in [0.5, 0.6) is 0 Å². The van der Waals surface area contributed by atoms with Crippen molar-refractivity contribution in [3.8, 4) is 0 Å². The van der Waals surface area contributed by atoms with Crippen LogP contribution >= 0.6 is 0 Å². The van der Waals surface area contributed by atoms with Crippen molar-refractivity contribution in [2.75, 3.05) is 13.7 Å². The zero-order chi connectivity index (χ0) is 12.1. The maximum Gasteiger partial charge on any atom is 0.0750 e. The van der Waals surface area contributed by atoms with Crippen molar-refractivity contribution in [3.63, 3.8) is 0 Å². The van der Waals surface area contributed by atoms with Crippen LogP contribution in [-0.4, -0.2) is 18.7 Å². The summed E-state index contributed by atoms with van der Waals surface area (Å²) in [5, 5.41) is 1.13. The van der Waals surface area contributed by atoms with Crippen LogP contribution < -0.4 is 11.3 Å². The molecule has 1 aromatic heterocycles. The van der Waals surface area contributed by atoms with Gasteiger partial charge in [-0.3, -0.25) is 16.3 Å². The molecule has 0 aliphatic heterocycles. The van der Waals surface area contributed by atoms with Gasteiger partial charge in [-0.1, -0.05) is 24.3 Å². The number of rotatable bonds is 5. The summed E-state index contributed by atoms with van der Waals surface area (Å²) in [6, 6.07) is 10.2. The van der Waals surface area contributed by atoms with Gasteiger partial charge in [0.15, 0.2) is 0 Å². The average Bonchev–Trinajstić information content (AvgIpc) is 2.40. The van der Waals surface area contributed by atoms with Gasteiger partial charge in [0.1, 0.15) is 0 Å². The Bertz CT molecular complexity index is 482. The predicted molar refractivity (Wildman–Crippen MR) is 68.3 cm³/mol. The molecule has 0 aliphatic rings. The lowest BCUT2D eigenvalue weighted by Gasteiger charge is -2.17. The molecule has 0 saturated heterocycles. The number of hydrogen-bond acceptors (Lipinski definition) is 4. The number of methoxy groups -OCH3 is 1. The SMILES string of the molecule is COCCC(NN)c1cccc2cccnc12. The largest absolute Gasteiger partial charge is 0.385 e. The summed E-state index contributed by atoms with van der Waals surface area (Å²) in [5.74, 6) is 5.60. The Morgan fingerprint density at radius 2 is 2.18 bits per heavy atom. The Labute approximate surface area is 101 Å². The quantitative estimate of drug-likeness (QED) is 0.608. The summed E-state index contributed by atoms with van der Waals surface area (Å²) in [5.41, 5.74) is 4.93. The van der Waals surface area contributed by atoms with E-state index in [1.165, 1.54) is 0 Å². The van der Waals surface area contributed by atoms with Crippen LogP contribution in [0.4, 0.5) is 0 Å². The molecule has 0 radical (unpaired) electrons. The third-order valence-electron chi connectivity index (χ3n) is 2.85. The van der Waals surface area contributed by atoms with Gasteiger partial charge in [0.05, 0.1) is 11.6 Å². The number of para-hydroxylation sites is 1. The molecule has 0 saturated carbocycles. The summed E-state index contributed by atoms with van der Waals surface area (Å²) in [6.07, 6.45) is 2.62. The molecule has 0 aliphatic carbocycles. The molecule has 0 bridgehead atoms. The minimum Gasteiger partial charge on any atom is -0.385 e. The molecule has 3 N–H and O–H groups in total. The molecule has 17 heavy (non-hydrogen) atoms. The third-order valence-corrected chi connectivity index (χ3v) is 2.85. The highest BCUT2D eigenvalue weighted by atomic mass is 16.5. The molecule has 0 fully saturated rings. The second-order valence-electron chi connectivity index (χ2n) is 3.92. The highest BCUT2D eigenvalue weighted by molar-refractivity contribution is 5.81. The summed E-state index contributed by atoms with van der Waals surface area (Å²) in [4.78, 5) is 4.42. The molecule has 1 heterocycles. The van der Waals surface area contributed by atoms with E-state index in [1.54, 1.807) is 13.3 Å². The number of ether oxygens (including phenoxy) is 1. The van der Waals surface area contributed by atoms with Gasteiger partial charge in [0, 0.05) is 25.3 Å². The van der Waals surface area contributed by atoms with E-state index in [0.717, 1.165) is 22.9 Å². The molecule has 4 nitrogen and oxygen atoms in total. The number of nitrogens with zero attached hydrogens (tertiary/aromatic N) is 1. The third kappa shape index (κ3) is 2.61. The van der Waals surface area contributed by atoms with Crippen molar-refractivity contribution >= 4 is 10.9 Å². The molecule has 0 amide bonds. The molecule has 1 unspecified atom stereocenters. The number of benzene rings is 1. The Morgan fingerprint density at radius 3 is 2.94 bits per heavy atom. The van der Waals surface area contributed by atoms with Crippen LogP contribution in [0.2, 0.25) is 0 Å². The molecule has 2 rings (SSSR count). The van der Waals surface area contributed by atoms with Gasteiger partial charge >= 0.3 is 0 Å². The van der Waals surface area contributed by atoms with Crippen LogP contribution in [-0.2, 0) is 4.74 Å². The second kappa shape index (κ2) is 5.72. The molecule has 0 spiro atoms. The van der Waals surface area contributed by atoms with Crippen molar-refractivity contribution in [1.29, 1.82) is 0 Å². The summed E-state index contributed by atoms with van der Waals surface area (Å²) in [7, 11) is 1.69. The van der Waals surface area contributed by atoms with Gasteiger partial charge in [-0.15, -0.1) is 0 Å². The predicted octanol–water partition coefficient (Wildman–Crippen LogP) is 1.78. The van der Waals surface area contributed by atoms with Gasteiger partial charge < -0.3 is 4.74 Å². The highest BCUT2D eigenvalue weighted by Gasteiger charge is 2.12. The molecule has 1 atom stereocenters. The van der Waals surface area contributed by atoms with Gasteiger partial charge in [-0.2, -0.15) is 0 Å². The van der Waals surface area contributed by atoms with E-state index < -0.39 is 0 Å². The first-order valence-electron chi connectivity index (χ1n) is 5.65. The first-order chi connectivity index (χ1) is 8.36. The molecule has 1 aromatic carbocycles. The zero-order valence-corrected chi connectivity index (χ0v) is 9.89. The number of nitrogens with one attached hydrogen (secondary N) is 1. The standard InChI is InChI=1S/C13H17N3O/c1-17-9-7-12(16-14)11-6-2-4-10-5-3-8-15-13(10)11/h2-6,8,12,16H,7,9,14H2,1H3. The minimum atomic E-state index is 0.0635. The first-order valence-corrected chi connectivity index (χ1v) is 5.65.